The summed E-state index contributed by atoms with van der Waals surface area (Å²) in [6, 6.07) is 1.13. The Morgan fingerprint density at radius 2 is 2.12 bits per heavy atom. The lowest BCUT2D eigenvalue weighted by atomic mass is 9.96. The highest BCUT2D eigenvalue weighted by molar-refractivity contribution is 7.11. The van der Waals surface area contributed by atoms with E-state index in [1.165, 1.54) is 34.8 Å². The fraction of sp³-hybridized carbons (Fsp3) is 0.769. The summed E-state index contributed by atoms with van der Waals surface area (Å²) < 4.78 is 0. The molecule has 2 rings (SSSR count). The fourth-order valence-electron chi connectivity index (χ4n) is 2.21. The predicted octanol–water partition coefficient (Wildman–Crippen LogP) is 3.46. The van der Waals surface area contributed by atoms with Gasteiger partial charge in [0.25, 0.3) is 0 Å². The minimum absolute atomic E-state index is 0.548. The first-order valence-corrected chi connectivity index (χ1v) is 7.12. The summed E-state index contributed by atoms with van der Waals surface area (Å²) in [6.07, 6.45) is 3.72. The van der Waals surface area contributed by atoms with Crippen LogP contribution in [0.4, 0.5) is 0 Å². The molecule has 2 unspecified atom stereocenters. The van der Waals surface area contributed by atoms with Gasteiger partial charge in [0, 0.05) is 17.0 Å². The Balaban J connectivity index is 2.12. The van der Waals surface area contributed by atoms with Gasteiger partial charge in [-0.3, -0.25) is 0 Å². The van der Waals surface area contributed by atoms with E-state index in [-0.39, 0.29) is 0 Å². The molecular weight excluding hydrogens is 216 g/mol. The van der Waals surface area contributed by atoms with Crippen LogP contribution in [0.5, 0.6) is 0 Å². The van der Waals surface area contributed by atoms with Gasteiger partial charge >= 0.3 is 0 Å². The van der Waals surface area contributed by atoms with Gasteiger partial charge in [-0.15, -0.1) is 11.3 Å². The van der Waals surface area contributed by atoms with Crippen molar-refractivity contribution in [3.8, 4) is 0 Å². The van der Waals surface area contributed by atoms with E-state index in [0.29, 0.717) is 18.0 Å². The molecule has 2 atom stereocenters. The lowest BCUT2D eigenvalue weighted by Crippen LogP contribution is -2.35. The molecule has 1 aliphatic rings. The molecule has 0 fully saturated rings. The zero-order valence-corrected chi connectivity index (χ0v) is 11.5. The lowest BCUT2D eigenvalue weighted by Gasteiger charge is -2.28. The van der Waals surface area contributed by atoms with Crippen LogP contribution in [-0.4, -0.2) is 11.0 Å². The second-order valence-corrected chi connectivity index (χ2v) is 6.42. The molecule has 0 amide bonds. The predicted molar refractivity (Wildman–Crippen MR) is 70.0 cm³/mol. The number of hydrogen-bond donors (Lipinski definition) is 1. The van der Waals surface area contributed by atoms with Gasteiger partial charge in [-0.25, -0.2) is 4.98 Å². The SMILES string of the molecule is Cc1nc2c(s1)C(NC(C)C(C)C)CCC2. The van der Waals surface area contributed by atoms with Crippen molar-refractivity contribution in [1.82, 2.24) is 10.3 Å². The van der Waals surface area contributed by atoms with Gasteiger partial charge in [0.15, 0.2) is 0 Å². The van der Waals surface area contributed by atoms with Crippen molar-refractivity contribution < 1.29 is 0 Å². The number of nitrogens with zero attached hydrogens (tertiary/aromatic N) is 1. The van der Waals surface area contributed by atoms with Crippen molar-refractivity contribution in [2.75, 3.05) is 0 Å². The molecule has 0 spiro atoms. The van der Waals surface area contributed by atoms with Gasteiger partial charge in [0.05, 0.1) is 10.7 Å². The number of hydrogen-bond acceptors (Lipinski definition) is 3. The molecule has 1 aromatic rings. The van der Waals surface area contributed by atoms with Gasteiger partial charge in [-0.05, 0) is 39.0 Å². The first kappa shape index (κ1) is 12.1. The highest BCUT2D eigenvalue weighted by atomic mass is 32.1. The molecule has 1 aromatic heterocycles. The van der Waals surface area contributed by atoms with E-state index >= 15 is 0 Å². The molecule has 1 aliphatic carbocycles. The smallest absolute Gasteiger partial charge is 0.0900 e. The van der Waals surface area contributed by atoms with Gasteiger partial charge in [0.2, 0.25) is 0 Å². The van der Waals surface area contributed by atoms with E-state index in [9.17, 15) is 0 Å². The summed E-state index contributed by atoms with van der Waals surface area (Å²) in [5.41, 5.74) is 1.35. The van der Waals surface area contributed by atoms with Gasteiger partial charge < -0.3 is 5.32 Å². The number of aromatic nitrogens is 1. The summed E-state index contributed by atoms with van der Waals surface area (Å²) in [4.78, 5) is 6.13. The molecule has 1 N–H and O–H groups in total. The van der Waals surface area contributed by atoms with Crippen LogP contribution in [0.25, 0.3) is 0 Å². The van der Waals surface area contributed by atoms with E-state index in [2.05, 4.69) is 38.0 Å². The Morgan fingerprint density at radius 3 is 2.81 bits per heavy atom. The number of aryl methyl sites for hydroxylation is 2. The average molecular weight is 238 g/mol. The zero-order valence-electron chi connectivity index (χ0n) is 10.7. The van der Waals surface area contributed by atoms with Crippen molar-refractivity contribution in [2.24, 2.45) is 5.92 Å². The molecule has 90 valence electrons. The molecule has 1 heterocycles. The molecule has 0 aliphatic heterocycles. The third-order valence-electron chi connectivity index (χ3n) is 3.52. The molecular formula is C13H22N2S. The normalized spacial score (nSPS) is 22.2. The Hall–Kier alpha value is -0.410. The minimum Gasteiger partial charge on any atom is -0.306 e. The van der Waals surface area contributed by atoms with Crippen LogP contribution in [0.15, 0.2) is 0 Å². The quantitative estimate of drug-likeness (QED) is 0.872. The topological polar surface area (TPSA) is 24.9 Å². The zero-order chi connectivity index (χ0) is 11.7. The highest BCUT2D eigenvalue weighted by Gasteiger charge is 2.25. The Labute approximate surface area is 102 Å². The van der Waals surface area contributed by atoms with Crippen molar-refractivity contribution >= 4 is 11.3 Å². The standard InChI is InChI=1S/C13H22N2S/c1-8(2)9(3)14-11-6-5-7-12-13(11)16-10(4)15-12/h8-9,11,14H,5-7H2,1-4H3. The second-order valence-electron chi connectivity index (χ2n) is 5.19. The molecule has 0 saturated carbocycles. The average Bonchev–Trinajstić information content (AvgIpc) is 2.59. The summed E-state index contributed by atoms with van der Waals surface area (Å²) in [7, 11) is 0. The van der Waals surface area contributed by atoms with E-state index in [1.54, 1.807) is 0 Å². The van der Waals surface area contributed by atoms with Crippen molar-refractivity contribution in [3.63, 3.8) is 0 Å². The second kappa shape index (κ2) is 4.84. The first-order valence-electron chi connectivity index (χ1n) is 6.30. The van der Waals surface area contributed by atoms with Crippen molar-refractivity contribution in [3.05, 3.63) is 15.6 Å². The maximum atomic E-state index is 4.63. The Kier molecular flexibility index (Phi) is 3.65. The van der Waals surface area contributed by atoms with Crippen LogP contribution in [-0.2, 0) is 6.42 Å². The molecule has 0 bridgehead atoms. The molecule has 3 heteroatoms. The monoisotopic (exact) mass is 238 g/mol. The van der Waals surface area contributed by atoms with Crippen LogP contribution in [0.3, 0.4) is 0 Å². The summed E-state index contributed by atoms with van der Waals surface area (Å²) in [5, 5.41) is 4.98. The third-order valence-corrected chi connectivity index (χ3v) is 4.65. The van der Waals surface area contributed by atoms with Crippen LogP contribution < -0.4 is 5.32 Å². The van der Waals surface area contributed by atoms with Crippen LogP contribution in [0.2, 0.25) is 0 Å². The van der Waals surface area contributed by atoms with Crippen LogP contribution in [0, 0.1) is 12.8 Å². The molecule has 0 aromatic carbocycles. The largest absolute Gasteiger partial charge is 0.306 e. The molecule has 0 saturated heterocycles. The number of fused-ring (bicyclic) bond motifs is 1. The lowest BCUT2D eigenvalue weighted by molar-refractivity contribution is 0.353. The van der Waals surface area contributed by atoms with Crippen LogP contribution in [0.1, 0.15) is 55.2 Å². The minimum atomic E-state index is 0.548. The molecule has 0 radical (unpaired) electrons. The van der Waals surface area contributed by atoms with Gasteiger partial charge in [0.1, 0.15) is 0 Å². The third kappa shape index (κ3) is 2.46. The fourth-order valence-corrected chi connectivity index (χ4v) is 3.28. The maximum absolute atomic E-state index is 4.63. The number of thiazole rings is 1. The maximum Gasteiger partial charge on any atom is 0.0900 e. The van der Waals surface area contributed by atoms with Crippen LogP contribution >= 0.6 is 11.3 Å². The summed E-state index contributed by atoms with van der Waals surface area (Å²) >= 11 is 1.88. The number of rotatable bonds is 3. The Bertz CT molecular complexity index is 357. The molecule has 16 heavy (non-hydrogen) atoms. The Morgan fingerprint density at radius 1 is 1.38 bits per heavy atom. The van der Waals surface area contributed by atoms with Crippen molar-refractivity contribution in [2.45, 2.75) is 59.0 Å². The number of nitrogens with one attached hydrogen (secondary N) is 1. The van der Waals surface area contributed by atoms with Gasteiger partial charge in [-0.2, -0.15) is 0 Å². The van der Waals surface area contributed by atoms with Gasteiger partial charge in [-0.1, -0.05) is 13.8 Å². The van der Waals surface area contributed by atoms with E-state index in [0.717, 1.165) is 0 Å². The van der Waals surface area contributed by atoms with E-state index in [4.69, 9.17) is 0 Å². The van der Waals surface area contributed by atoms with E-state index < -0.39 is 0 Å². The highest BCUT2D eigenvalue weighted by Crippen LogP contribution is 2.34. The molecule has 2 nitrogen and oxygen atoms in total. The van der Waals surface area contributed by atoms with E-state index in [1.807, 2.05) is 11.3 Å². The summed E-state index contributed by atoms with van der Waals surface area (Å²) in [6.45, 7) is 8.96. The summed E-state index contributed by atoms with van der Waals surface area (Å²) in [5.74, 6) is 0.694. The first-order chi connectivity index (χ1) is 7.58. The van der Waals surface area contributed by atoms with Crippen molar-refractivity contribution in [1.29, 1.82) is 0 Å².